The molecule has 0 unspecified atom stereocenters. The van der Waals surface area contributed by atoms with Gasteiger partial charge in [-0.3, -0.25) is 9.59 Å². The standard InChI is InChI=1S/C4H7NO4.Zn/c5-2(4(8)9)1-3(6)7;/h2H,1,5H2,(H,6,7)(H,8,9);/t2-;/m1./s1. The summed E-state index contributed by atoms with van der Waals surface area (Å²) in [4.78, 5) is 19.6. The molecule has 0 aliphatic heterocycles. The van der Waals surface area contributed by atoms with Crippen LogP contribution in [0.3, 0.4) is 0 Å². The summed E-state index contributed by atoms with van der Waals surface area (Å²) < 4.78 is 0. The molecule has 0 rings (SSSR count). The number of carboxylic acids is 2. The summed E-state index contributed by atoms with van der Waals surface area (Å²) >= 11 is 0. The van der Waals surface area contributed by atoms with Crippen molar-refractivity contribution in [1.29, 1.82) is 0 Å². The maximum absolute atomic E-state index is 9.85. The van der Waals surface area contributed by atoms with E-state index in [1.807, 2.05) is 0 Å². The van der Waals surface area contributed by atoms with Crippen molar-refractivity contribution in [2.75, 3.05) is 0 Å². The van der Waals surface area contributed by atoms with E-state index < -0.39 is 24.4 Å². The molecule has 0 aromatic carbocycles. The van der Waals surface area contributed by atoms with Crippen LogP contribution >= 0.6 is 0 Å². The average molecular weight is 198 g/mol. The third-order valence-electron chi connectivity index (χ3n) is 0.712. The van der Waals surface area contributed by atoms with E-state index in [4.69, 9.17) is 15.9 Å². The van der Waals surface area contributed by atoms with E-state index in [1.165, 1.54) is 0 Å². The van der Waals surface area contributed by atoms with Crippen LogP contribution in [0.2, 0.25) is 0 Å². The van der Waals surface area contributed by atoms with Crippen LogP contribution in [0, 0.1) is 0 Å². The number of nitrogens with two attached hydrogens (primary N) is 1. The van der Waals surface area contributed by atoms with Gasteiger partial charge in [-0.2, -0.15) is 0 Å². The van der Waals surface area contributed by atoms with Crippen molar-refractivity contribution in [2.45, 2.75) is 12.5 Å². The Morgan fingerprint density at radius 1 is 1.40 bits per heavy atom. The molecule has 54 valence electrons. The second-order valence-electron chi connectivity index (χ2n) is 1.54. The maximum Gasteiger partial charge on any atom is 0.321 e. The predicted octanol–water partition coefficient (Wildman–Crippen LogP) is -1.13. The molecule has 0 fully saturated rings. The molecule has 5 nitrogen and oxygen atoms in total. The van der Waals surface area contributed by atoms with Crippen LogP contribution in [0.25, 0.3) is 0 Å². The third-order valence-corrected chi connectivity index (χ3v) is 0.712. The first-order valence-corrected chi connectivity index (χ1v) is 2.24. The van der Waals surface area contributed by atoms with Crippen molar-refractivity contribution in [3.63, 3.8) is 0 Å². The summed E-state index contributed by atoms with van der Waals surface area (Å²) in [5, 5.41) is 16.0. The fraction of sp³-hybridized carbons (Fsp3) is 0.500. The zero-order valence-electron chi connectivity index (χ0n) is 5.28. The van der Waals surface area contributed by atoms with Crippen molar-refractivity contribution >= 4 is 11.9 Å². The average Bonchev–Trinajstić information content (AvgIpc) is 1.63. The minimum atomic E-state index is -1.29. The minimum Gasteiger partial charge on any atom is -0.481 e. The Labute approximate surface area is 70.0 Å². The van der Waals surface area contributed by atoms with E-state index >= 15 is 0 Å². The Morgan fingerprint density at radius 2 is 1.80 bits per heavy atom. The van der Waals surface area contributed by atoms with Gasteiger partial charge in [0.1, 0.15) is 6.04 Å². The van der Waals surface area contributed by atoms with Crippen LogP contribution in [0.15, 0.2) is 0 Å². The van der Waals surface area contributed by atoms with E-state index in [9.17, 15) is 9.59 Å². The summed E-state index contributed by atoms with van der Waals surface area (Å²) in [5.41, 5.74) is 4.84. The fourth-order valence-electron chi connectivity index (χ4n) is 0.275. The SMILES string of the molecule is N[C@H](CC(=O)O)C(=O)O.[Zn]. The number of hydrogen-bond donors (Lipinski definition) is 3. The molecule has 0 spiro atoms. The van der Waals surface area contributed by atoms with Crippen LogP contribution in [0.5, 0.6) is 0 Å². The summed E-state index contributed by atoms with van der Waals surface area (Å²) in [7, 11) is 0. The first-order chi connectivity index (χ1) is 4.04. The number of hydrogen-bond acceptors (Lipinski definition) is 3. The van der Waals surface area contributed by atoms with E-state index in [1.54, 1.807) is 0 Å². The predicted molar refractivity (Wildman–Crippen MR) is 27.9 cm³/mol. The topological polar surface area (TPSA) is 101 Å². The van der Waals surface area contributed by atoms with E-state index in [0.717, 1.165) is 0 Å². The molecule has 0 heterocycles. The van der Waals surface area contributed by atoms with Crippen LogP contribution in [0.4, 0.5) is 0 Å². The van der Waals surface area contributed by atoms with Gasteiger partial charge in [0, 0.05) is 19.5 Å². The number of carboxylic acid groups (broad SMARTS) is 2. The molecule has 10 heavy (non-hydrogen) atoms. The van der Waals surface area contributed by atoms with Gasteiger partial charge < -0.3 is 15.9 Å². The van der Waals surface area contributed by atoms with Crippen molar-refractivity contribution in [1.82, 2.24) is 0 Å². The quantitative estimate of drug-likeness (QED) is 0.498. The fourth-order valence-corrected chi connectivity index (χ4v) is 0.275. The summed E-state index contributed by atoms with van der Waals surface area (Å²) in [6.45, 7) is 0. The molecule has 0 aromatic rings. The monoisotopic (exact) mass is 197 g/mol. The largest absolute Gasteiger partial charge is 0.481 e. The summed E-state index contributed by atoms with van der Waals surface area (Å²) in [6.07, 6.45) is -0.532. The van der Waals surface area contributed by atoms with E-state index in [2.05, 4.69) is 0 Å². The van der Waals surface area contributed by atoms with Crippen molar-refractivity contribution < 1.29 is 39.3 Å². The Hall–Kier alpha value is -0.477. The molecular weight excluding hydrogens is 191 g/mol. The molecule has 1 atom stereocenters. The molecule has 6 heteroatoms. The van der Waals surface area contributed by atoms with Crippen molar-refractivity contribution in [3.05, 3.63) is 0 Å². The van der Waals surface area contributed by atoms with Gasteiger partial charge in [0.05, 0.1) is 6.42 Å². The Morgan fingerprint density at radius 3 is 1.90 bits per heavy atom. The van der Waals surface area contributed by atoms with Gasteiger partial charge >= 0.3 is 11.9 Å². The summed E-state index contributed by atoms with van der Waals surface area (Å²) in [6, 6.07) is -1.29. The van der Waals surface area contributed by atoms with Gasteiger partial charge in [-0.25, -0.2) is 0 Å². The Balaban J connectivity index is 0. The Bertz CT molecular complexity index is 137. The van der Waals surface area contributed by atoms with Crippen LogP contribution < -0.4 is 5.73 Å². The van der Waals surface area contributed by atoms with Crippen LogP contribution in [-0.2, 0) is 29.1 Å². The van der Waals surface area contributed by atoms with Crippen molar-refractivity contribution in [3.8, 4) is 0 Å². The van der Waals surface area contributed by atoms with Crippen molar-refractivity contribution in [2.24, 2.45) is 5.73 Å². The molecule has 0 radical (unpaired) electrons. The van der Waals surface area contributed by atoms with Gasteiger partial charge in [0.25, 0.3) is 0 Å². The van der Waals surface area contributed by atoms with Gasteiger partial charge in [-0.1, -0.05) is 0 Å². The first kappa shape index (κ1) is 12.2. The van der Waals surface area contributed by atoms with Crippen LogP contribution in [0.1, 0.15) is 6.42 Å². The molecule has 4 N–H and O–H groups in total. The molecule has 0 aliphatic carbocycles. The number of rotatable bonds is 3. The molecule has 0 aromatic heterocycles. The van der Waals surface area contributed by atoms with Gasteiger partial charge in [-0.15, -0.1) is 0 Å². The van der Waals surface area contributed by atoms with Gasteiger partial charge in [-0.05, 0) is 0 Å². The van der Waals surface area contributed by atoms with E-state index in [-0.39, 0.29) is 19.5 Å². The minimum absolute atomic E-state index is 0. The van der Waals surface area contributed by atoms with E-state index in [0.29, 0.717) is 0 Å². The molecule has 0 aliphatic rings. The second-order valence-corrected chi connectivity index (χ2v) is 1.54. The van der Waals surface area contributed by atoms with Gasteiger partial charge in [0.15, 0.2) is 0 Å². The Kier molecular flexibility index (Phi) is 6.50. The second kappa shape index (κ2) is 5.32. The van der Waals surface area contributed by atoms with Crippen LogP contribution in [-0.4, -0.2) is 28.2 Å². The maximum atomic E-state index is 9.85. The number of aliphatic carboxylic acids is 2. The molecule has 0 saturated heterocycles. The normalized spacial score (nSPS) is 11.3. The first-order valence-electron chi connectivity index (χ1n) is 2.24. The van der Waals surface area contributed by atoms with Gasteiger partial charge in [0.2, 0.25) is 0 Å². The zero-order valence-corrected chi connectivity index (χ0v) is 8.25. The molecular formula is C4H7NO4Zn. The number of carbonyl (C=O) groups is 2. The third kappa shape index (κ3) is 5.66. The summed E-state index contributed by atoms with van der Waals surface area (Å²) in [5.74, 6) is -2.50. The zero-order chi connectivity index (χ0) is 7.44. The molecule has 0 bridgehead atoms. The molecule has 0 saturated carbocycles. The molecule has 0 amide bonds. The smallest absolute Gasteiger partial charge is 0.321 e.